The van der Waals surface area contributed by atoms with E-state index in [-0.39, 0.29) is 6.04 Å². The number of hydrogen-bond acceptors (Lipinski definition) is 5. The zero-order valence-corrected chi connectivity index (χ0v) is 14.2. The summed E-state index contributed by atoms with van der Waals surface area (Å²) in [5, 5.41) is 0.647. The van der Waals surface area contributed by atoms with Crippen molar-refractivity contribution in [2.45, 2.75) is 19.4 Å². The highest BCUT2D eigenvalue weighted by atomic mass is 35.5. The molecule has 0 saturated carbocycles. The van der Waals surface area contributed by atoms with E-state index in [2.05, 4.69) is 21.8 Å². The summed E-state index contributed by atoms with van der Waals surface area (Å²) in [6.45, 7) is 4.00. The van der Waals surface area contributed by atoms with Crippen molar-refractivity contribution in [2.24, 2.45) is 11.7 Å². The molecule has 7 heteroatoms. The molecule has 0 aliphatic carbocycles. The third kappa shape index (κ3) is 2.83. The fraction of sp³-hybridized carbons (Fsp3) is 0.353. The van der Waals surface area contributed by atoms with Crippen LogP contribution in [0.2, 0.25) is 5.02 Å². The van der Waals surface area contributed by atoms with Gasteiger partial charge in [-0.05, 0) is 30.5 Å². The number of pyridine rings is 1. The first-order valence-electron chi connectivity index (χ1n) is 8.07. The molecule has 0 unspecified atom stereocenters. The van der Waals surface area contributed by atoms with Gasteiger partial charge >= 0.3 is 0 Å². The highest BCUT2D eigenvalue weighted by Gasteiger charge is 2.23. The normalized spacial score (nSPS) is 21.4. The molecule has 2 atom stereocenters. The number of hydrogen-bond donors (Lipinski definition) is 1. The van der Waals surface area contributed by atoms with Crippen LogP contribution in [-0.4, -0.2) is 38.5 Å². The molecule has 1 aliphatic rings. The van der Waals surface area contributed by atoms with Crippen LogP contribution in [0.15, 0.2) is 36.8 Å². The highest BCUT2D eigenvalue weighted by molar-refractivity contribution is 6.30. The monoisotopic (exact) mass is 342 g/mol. The van der Waals surface area contributed by atoms with E-state index in [1.807, 2.05) is 28.8 Å². The van der Waals surface area contributed by atoms with Crippen molar-refractivity contribution in [1.82, 2.24) is 19.4 Å². The van der Waals surface area contributed by atoms with Crippen LogP contribution in [0.1, 0.15) is 13.3 Å². The summed E-state index contributed by atoms with van der Waals surface area (Å²) in [5.41, 5.74) is 7.80. The first-order valence-corrected chi connectivity index (χ1v) is 8.44. The summed E-state index contributed by atoms with van der Waals surface area (Å²) < 4.78 is 1.91. The average molecular weight is 343 g/mol. The number of piperidine rings is 1. The molecule has 3 aromatic heterocycles. The van der Waals surface area contributed by atoms with Gasteiger partial charge in [0, 0.05) is 31.5 Å². The SMILES string of the molecule is C[C@@H]1C[C@@H](N)CN(c2ccnc(-c3cnc4ccc(Cl)cn34)n2)C1. The largest absolute Gasteiger partial charge is 0.355 e. The predicted octanol–water partition coefficient (Wildman–Crippen LogP) is 2.62. The Kier molecular flexibility index (Phi) is 3.86. The third-order valence-corrected chi connectivity index (χ3v) is 4.58. The smallest absolute Gasteiger partial charge is 0.180 e. The zero-order chi connectivity index (χ0) is 16.7. The van der Waals surface area contributed by atoms with Gasteiger partial charge in [0.05, 0.1) is 11.2 Å². The number of aromatic nitrogens is 4. The van der Waals surface area contributed by atoms with E-state index in [9.17, 15) is 0 Å². The van der Waals surface area contributed by atoms with Crippen molar-refractivity contribution >= 4 is 23.1 Å². The highest BCUT2D eigenvalue weighted by Crippen LogP contribution is 2.24. The summed E-state index contributed by atoms with van der Waals surface area (Å²) in [6, 6.07) is 5.81. The van der Waals surface area contributed by atoms with Gasteiger partial charge in [-0.3, -0.25) is 4.40 Å². The van der Waals surface area contributed by atoms with Crippen LogP contribution in [0.25, 0.3) is 17.2 Å². The van der Waals surface area contributed by atoms with Crippen molar-refractivity contribution in [2.75, 3.05) is 18.0 Å². The lowest BCUT2D eigenvalue weighted by Crippen LogP contribution is -2.46. The second kappa shape index (κ2) is 6.03. The minimum Gasteiger partial charge on any atom is -0.355 e. The summed E-state index contributed by atoms with van der Waals surface area (Å²) >= 11 is 6.11. The van der Waals surface area contributed by atoms with Gasteiger partial charge < -0.3 is 10.6 Å². The van der Waals surface area contributed by atoms with Gasteiger partial charge in [0.1, 0.15) is 17.2 Å². The van der Waals surface area contributed by atoms with E-state index in [4.69, 9.17) is 22.3 Å². The maximum absolute atomic E-state index is 6.16. The third-order valence-electron chi connectivity index (χ3n) is 4.36. The fourth-order valence-electron chi connectivity index (χ4n) is 3.36. The van der Waals surface area contributed by atoms with E-state index >= 15 is 0 Å². The molecule has 4 heterocycles. The van der Waals surface area contributed by atoms with Crippen LogP contribution in [0.5, 0.6) is 0 Å². The van der Waals surface area contributed by atoms with Gasteiger partial charge in [0.25, 0.3) is 0 Å². The first-order chi connectivity index (χ1) is 11.6. The van der Waals surface area contributed by atoms with Crippen LogP contribution in [-0.2, 0) is 0 Å². The summed E-state index contributed by atoms with van der Waals surface area (Å²) in [6.07, 6.45) is 6.44. The molecule has 1 aliphatic heterocycles. The fourth-order valence-corrected chi connectivity index (χ4v) is 3.52. The maximum atomic E-state index is 6.16. The molecule has 24 heavy (non-hydrogen) atoms. The molecule has 6 nitrogen and oxygen atoms in total. The van der Waals surface area contributed by atoms with Crippen molar-refractivity contribution in [3.63, 3.8) is 0 Å². The van der Waals surface area contributed by atoms with Crippen molar-refractivity contribution in [1.29, 1.82) is 0 Å². The van der Waals surface area contributed by atoms with Crippen LogP contribution in [0.3, 0.4) is 0 Å². The topological polar surface area (TPSA) is 72.3 Å². The predicted molar refractivity (Wildman–Crippen MR) is 95.2 cm³/mol. The quantitative estimate of drug-likeness (QED) is 0.775. The Morgan fingerprint density at radius 3 is 2.92 bits per heavy atom. The number of nitrogens with two attached hydrogens (primary N) is 1. The average Bonchev–Trinajstić information content (AvgIpc) is 2.97. The molecule has 4 rings (SSSR count). The van der Waals surface area contributed by atoms with Gasteiger partial charge in [0.2, 0.25) is 0 Å². The Labute approximate surface area is 145 Å². The standard InChI is InChI=1S/C17H19ClN6/c1-11-6-13(19)10-23(8-11)16-4-5-20-17(22-16)14-7-21-15-3-2-12(18)9-24(14)15/h2-5,7,9,11,13H,6,8,10,19H2,1H3/t11-,13-/m1/s1. The molecule has 0 radical (unpaired) electrons. The van der Waals surface area contributed by atoms with E-state index in [1.165, 1.54) is 0 Å². The summed E-state index contributed by atoms with van der Waals surface area (Å²) in [5.74, 6) is 2.09. The van der Waals surface area contributed by atoms with Crippen molar-refractivity contribution in [3.05, 3.63) is 41.8 Å². The second-order valence-electron chi connectivity index (χ2n) is 6.46. The number of halogens is 1. The summed E-state index contributed by atoms with van der Waals surface area (Å²) in [7, 11) is 0. The van der Waals surface area contributed by atoms with Gasteiger partial charge in [-0.25, -0.2) is 15.0 Å². The lowest BCUT2D eigenvalue weighted by atomic mass is 9.97. The Morgan fingerprint density at radius 1 is 1.21 bits per heavy atom. The molecule has 0 amide bonds. The molecule has 0 spiro atoms. The first kappa shape index (κ1) is 15.4. The number of imidazole rings is 1. The van der Waals surface area contributed by atoms with Crippen LogP contribution in [0, 0.1) is 5.92 Å². The Hall–Kier alpha value is -2.18. The van der Waals surface area contributed by atoms with Crippen molar-refractivity contribution < 1.29 is 0 Å². The maximum Gasteiger partial charge on any atom is 0.180 e. The van der Waals surface area contributed by atoms with Crippen LogP contribution >= 0.6 is 11.6 Å². The molecular formula is C17H19ClN6. The van der Waals surface area contributed by atoms with E-state index < -0.39 is 0 Å². The van der Waals surface area contributed by atoms with Gasteiger partial charge in [-0.1, -0.05) is 18.5 Å². The van der Waals surface area contributed by atoms with E-state index in [1.54, 1.807) is 12.4 Å². The Bertz CT molecular complexity index is 866. The molecule has 2 N–H and O–H groups in total. The van der Waals surface area contributed by atoms with Crippen LogP contribution < -0.4 is 10.6 Å². The number of rotatable bonds is 2. The number of nitrogens with zero attached hydrogens (tertiary/aromatic N) is 5. The number of anilines is 1. The van der Waals surface area contributed by atoms with Gasteiger partial charge in [-0.2, -0.15) is 0 Å². The Morgan fingerprint density at radius 2 is 2.08 bits per heavy atom. The lowest BCUT2D eigenvalue weighted by Gasteiger charge is -2.35. The molecule has 124 valence electrons. The second-order valence-corrected chi connectivity index (χ2v) is 6.90. The minimum atomic E-state index is 0.182. The number of fused-ring (bicyclic) bond motifs is 1. The molecule has 1 fully saturated rings. The van der Waals surface area contributed by atoms with E-state index in [0.717, 1.165) is 36.7 Å². The molecular weight excluding hydrogens is 324 g/mol. The molecule has 1 saturated heterocycles. The summed E-state index contributed by atoms with van der Waals surface area (Å²) in [4.78, 5) is 15.8. The molecule has 0 bridgehead atoms. The lowest BCUT2D eigenvalue weighted by molar-refractivity contribution is 0.400. The zero-order valence-electron chi connectivity index (χ0n) is 13.4. The van der Waals surface area contributed by atoms with Gasteiger partial charge in [-0.15, -0.1) is 0 Å². The van der Waals surface area contributed by atoms with Crippen LogP contribution in [0.4, 0.5) is 5.82 Å². The Balaban J connectivity index is 1.73. The van der Waals surface area contributed by atoms with E-state index in [0.29, 0.717) is 16.8 Å². The van der Waals surface area contributed by atoms with Gasteiger partial charge in [0.15, 0.2) is 5.82 Å². The van der Waals surface area contributed by atoms with Crippen molar-refractivity contribution in [3.8, 4) is 11.5 Å². The molecule has 0 aromatic carbocycles. The minimum absolute atomic E-state index is 0.182. The molecule has 3 aromatic rings.